The highest BCUT2D eigenvalue weighted by atomic mass is 16.8. The van der Waals surface area contributed by atoms with E-state index < -0.39 is 37.0 Å². The highest BCUT2D eigenvalue weighted by Gasteiger charge is 2.48. The van der Waals surface area contributed by atoms with Crippen LogP contribution in [0.1, 0.15) is 13.8 Å². The second kappa shape index (κ2) is 4.95. The Labute approximate surface area is 94.1 Å². The molecule has 0 radical (unpaired) electrons. The van der Waals surface area contributed by atoms with E-state index in [4.69, 9.17) is 18.9 Å². The Hall–Kier alpha value is -0.240. The number of hydrogen-bond acceptors (Lipinski definition) is 6. The maximum Gasteiger partial charge on any atom is 0.186 e. The summed E-state index contributed by atoms with van der Waals surface area (Å²) in [5.74, 6) is 0. The highest BCUT2D eigenvalue weighted by molar-refractivity contribution is 4.91. The van der Waals surface area contributed by atoms with Gasteiger partial charge in [0.2, 0.25) is 0 Å². The SMILES string of the molecule is CCO[C@@H]1OC2COC(C)O[C@H]2[C@H](O)C1O. The van der Waals surface area contributed by atoms with Gasteiger partial charge in [-0.25, -0.2) is 0 Å². The molecule has 0 amide bonds. The first-order chi connectivity index (χ1) is 7.63. The number of aliphatic hydroxyl groups excluding tert-OH is 2. The molecule has 2 aliphatic heterocycles. The number of rotatable bonds is 2. The average molecular weight is 234 g/mol. The van der Waals surface area contributed by atoms with Crippen molar-refractivity contribution in [2.24, 2.45) is 0 Å². The van der Waals surface area contributed by atoms with Crippen LogP contribution in [0.2, 0.25) is 0 Å². The number of ether oxygens (including phenoxy) is 4. The molecule has 0 aliphatic carbocycles. The van der Waals surface area contributed by atoms with Crippen molar-refractivity contribution < 1.29 is 29.2 Å². The molecule has 2 saturated heterocycles. The molecular weight excluding hydrogens is 216 g/mol. The third-order valence-corrected chi connectivity index (χ3v) is 2.82. The van der Waals surface area contributed by atoms with Gasteiger partial charge in [-0.15, -0.1) is 0 Å². The first kappa shape index (κ1) is 12.2. The summed E-state index contributed by atoms with van der Waals surface area (Å²) in [6.45, 7) is 4.28. The molecule has 0 aromatic rings. The lowest BCUT2D eigenvalue weighted by Gasteiger charge is -2.45. The summed E-state index contributed by atoms with van der Waals surface area (Å²) in [7, 11) is 0. The van der Waals surface area contributed by atoms with E-state index in [1.54, 1.807) is 13.8 Å². The number of fused-ring (bicyclic) bond motifs is 1. The van der Waals surface area contributed by atoms with Crippen LogP contribution >= 0.6 is 0 Å². The van der Waals surface area contributed by atoms with Crippen molar-refractivity contribution in [2.45, 2.75) is 50.8 Å². The summed E-state index contributed by atoms with van der Waals surface area (Å²) >= 11 is 0. The quantitative estimate of drug-likeness (QED) is 0.653. The van der Waals surface area contributed by atoms with Crippen molar-refractivity contribution in [3.05, 3.63) is 0 Å². The fourth-order valence-corrected chi connectivity index (χ4v) is 2.00. The van der Waals surface area contributed by atoms with E-state index in [1.807, 2.05) is 0 Å². The summed E-state index contributed by atoms with van der Waals surface area (Å²) in [5.41, 5.74) is 0. The maximum atomic E-state index is 9.90. The van der Waals surface area contributed by atoms with Crippen molar-refractivity contribution in [3.63, 3.8) is 0 Å². The van der Waals surface area contributed by atoms with Gasteiger partial charge in [0.05, 0.1) is 6.61 Å². The summed E-state index contributed by atoms with van der Waals surface area (Å²) in [5, 5.41) is 19.7. The van der Waals surface area contributed by atoms with Gasteiger partial charge in [-0.3, -0.25) is 0 Å². The molecule has 6 heteroatoms. The molecule has 3 unspecified atom stereocenters. The molecule has 0 saturated carbocycles. The molecule has 0 spiro atoms. The minimum absolute atomic E-state index is 0.333. The number of hydrogen-bond donors (Lipinski definition) is 2. The molecule has 0 aromatic carbocycles. The van der Waals surface area contributed by atoms with Crippen LogP contribution in [0, 0.1) is 0 Å². The first-order valence-electron chi connectivity index (χ1n) is 5.53. The van der Waals surface area contributed by atoms with Gasteiger partial charge in [0, 0.05) is 6.61 Å². The molecule has 6 nitrogen and oxygen atoms in total. The first-order valence-corrected chi connectivity index (χ1v) is 5.53. The summed E-state index contributed by atoms with van der Waals surface area (Å²) in [6.07, 6.45) is -4.27. The van der Waals surface area contributed by atoms with E-state index in [0.29, 0.717) is 13.2 Å². The van der Waals surface area contributed by atoms with Crippen LogP contribution in [0.4, 0.5) is 0 Å². The van der Waals surface area contributed by atoms with Gasteiger partial charge in [0.15, 0.2) is 12.6 Å². The largest absolute Gasteiger partial charge is 0.387 e. The second-order valence-corrected chi connectivity index (χ2v) is 3.98. The average Bonchev–Trinajstić information content (AvgIpc) is 2.27. The van der Waals surface area contributed by atoms with Gasteiger partial charge >= 0.3 is 0 Å². The summed E-state index contributed by atoms with van der Waals surface area (Å²) < 4.78 is 21.3. The van der Waals surface area contributed by atoms with Gasteiger partial charge in [-0.2, -0.15) is 0 Å². The van der Waals surface area contributed by atoms with Crippen LogP contribution in [0.15, 0.2) is 0 Å². The number of aliphatic hydroxyl groups is 2. The predicted octanol–water partition coefficient (Wildman–Crippen LogP) is -0.769. The van der Waals surface area contributed by atoms with Crippen molar-refractivity contribution in [1.82, 2.24) is 0 Å². The van der Waals surface area contributed by atoms with E-state index >= 15 is 0 Å². The van der Waals surface area contributed by atoms with Crippen molar-refractivity contribution in [1.29, 1.82) is 0 Å². The molecule has 2 heterocycles. The lowest BCUT2D eigenvalue weighted by atomic mass is 9.98. The Morgan fingerprint density at radius 3 is 2.69 bits per heavy atom. The van der Waals surface area contributed by atoms with Crippen LogP contribution in [0.25, 0.3) is 0 Å². The van der Waals surface area contributed by atoms with Crippen molar-refractivity contribution in [2.75, 3.05) is 13.2 Å². The molecule has 2 aliphatic rings. The van der Waals surface area contributed by atoms with E-state index in [-0.39, 0.29) is 0 Å². The van der Waals surface area contributed by atoms with E-state index in [1.165, 1.54) is 0 Å². The smallest absolute Gasteiger partial charge is 0.186 e. The third-order valence-electron chi connectivity index (χ3n) is 2.82. The third kappa shape index (κ3) is 2.22. The molecule has 2 N–H and O–H groups in total. The Bertz CT molecular complexity index is 233. The van der Waals surface area contributed by atoms with Gasteiger partial charge in [-0.05, 0) is 13.8 Å². The molecule has 6 atom stereocenters. The minimum atomic E-state index is -1.09. The zero-order chi connectivity index (χ0) is 11.7. The minimum Gasteiger partial charge on any atom is -0.387 e. The Morgan fingerprint density at radius 1 is 1.25 bits per heavy atom. The highest BCUT2D eigenvalue weighted by Crippen LogP contribution is 2.28. The summed E-state index contributed by atoms with van der Waals surface area (Å²) in [6, 6.07) is 0. The zero-order valence-electron chi connectivity index (χ0n) is 9.41. The van der Waals surface area contributed by atoms with Crippen LogP contribution in [0.5, 0.6) is 0 Å². The lowest BCUT2D eigenvalue weighted by Crippen LogP contribution is -2.62. The van der Waals surface area contributed by atoms with Crippen LogP contribution in [-0.4, -0.2) is 60.4 Å². The molecule has 0 aromatic heterocycles. The molecule has 2 fully saturated rings. The van der Waals surface area contributed by atoms with Gasteiger partial charge in [-0.1, -0.05) is 0 Å². The van der Waals surface area contributed by atoms with Crippen LogP contribution < -0.4 is 0 Å². The van der Waals surface area contributed by atoms with E-state index in [2.05, 4.69) is 0 Å². The lowest BCUT2D eigenvalue weighted by molar-refractivity contribution is -0.355. The van der Waals surface area contributed by atoms with Gasteiger partial charge < -0.3 is 29.2 Å². The maximum absolute atomic E-state index is 9.90. The van der Waals surface area contributed by atoms with E-state index in [0.717, 1.165) is 0 Å². The fourth-order valence-electron chi connectivity index (χ4n) is 2.00. The van der Waals surface area contributed by atoms with Crippen molar-refractivity contribution >= 4 is 0 Å². The Balaban J connectivity index is 2.04. The zero-order valence-corrected chi connectivity index (χ0v) is 9.41. The molecule has 94 valence electrons. The molecule has 2 rings (SSSR count). The topological polar surface area (TPSA) is 77.4 Å². The van der Waals surface area contributed by atoms with Gasteiger partial charge in [0.1, 0.15) is 24.4 Å². The van der Waals surface area contributed by atoms with Crippen molar-refractivity contribution in [3.8, 4) is 0 Å². The normalized spacial score (nSPS) is 48.8. The second-order valence-electron chi connectivity index (χ2n) is 3.98. The Kier molecular flexibility index (Phi) is 3.78. The molecule has 0 bridgehead atoms. The van der Waals surface area contributed by atoms with E-state index in [9.17, 15) is 10.2 Å². The Morgan fingerprint density at radius 2 is 2.00 bits per heavy atom. The fraction of sp³-hybridized carbons (Fsp3) is 1.00. The predicted molar refractivity (Wildman–Crippen MR) is 52.6 cm³/mol. The van der Waals surface area contributed by atoms with Crippen LogP contribution in [0.3, 0.4) is 0 Å². The standard InChI is InChI=1S/C10H18O6/c1-3-13-10-8(12)7(11)9-6(16-10)4-14-5(2)15-9/h5-12H,3-4H2,1-2H3/t5?,6?,7-,8?,9-,10-/m1/s1. The molecule has 16 heavy (non-hydrogen) atoms. The van der Waals surface area contributed by atoms with Gasteiger partial charge in [0.25, 0.3) is 0 Å². The molecular formula is C10H18O6. The summed E-state index contributed by atoms with van der Waals surface area (Å²) in [4.78, 5) is 0. The van der Waals surface area contributed by atoms with Crippen LogP contribution in [-0.2, 0) is 18.9 Å². The monoisotopic (exact) mass is 234 g/mol.